The summed E-state index contributed by atoms with van der Waals surface area (Å²) < 4.78 is 15.3. The molecule has 0 radical (unpaired) electrons. The van der Waals surface area contributed by atoms with Crippen LogP contribution >= 0.6 is 11.6 Å². The van der Waals surface area contributed by atoms with Gasteiger partial charge in [-0.2, -0.15) is 0 Å². The number of aldehydes is 1. The molecule has 1 aromatic heterocycles. The van der Waals surface area contributed by atoms with E-state index in [0.717, 1.165) is 0 Å². The minimum Gasteiger partial charge on any atom is -0.329 e. The molecular formula is C12H10ClFN2O. The number of benzene rings is 1. The lowest BCUT2D eigenvalue weighted by molar-refractivity contribution is 0.111. The third-order valence-corrected chi connectivity index (χ3v) is 2.89. The third kappa shape index (κ3) is 1.96. The maximum absolute atomic E-state index is 13.7. The monoisotopic (exact) mass is 252 g/mol. The van der Waals surface area contributed by atoms with Crippen LogP contribution in [-0.4, -0.2) is 15.8 Å². The average Bonchev–Trinajstić information content (AvgIpc) is 2.58. The largest absolute Gasteiger partial charge is 0.329 e. The van der Waals surface area contributed by atoms with E-state index in [1.165, 1.54) is 18.2 Å². The summed E-state index contributed by atoms with van der Waals surface area (Å²) in [5, 5.41) is 0.404. The number of carbonyl (C=O) groups is 1. The van der Waals surface area contributed by atoms with Gasteiger partial charge in [0.05, 0.1) is 0 Å². The molecule has 5 heteroatoms. The van der Waals surface area contributed by atoms with Crippen molar-refractivity contribution >= 4 is 17.9 Å². The molecule has 0 atom stereocenters. The fourth-order valence-electron chi connectivity index (χ4n) is 1.64. The second-order valence-electron chi connectivity index (χ2n) is 3.69. The van der Waals surface area contributed by atoms with Crippen molar-refractivity contribution in [1.82, 2.24) is 9.55 Å². The number of aryl methyl sites for hydroxylation is 1. The Labute approximate surface area is 103 Å². The molecule has 17 heavy (non-hydrogen) atoms. The van der Waals surface area contributed by atoms with Crippen molar-refractivity contribution in [1.29, 1.82) is 0 Å². The number of imidazole rings is 1. The normalized spacial score (nSPS) is 10.6. The van der Waals surface area contributed by atoms with Gasteiger partial charge >= 0.3 is 0 Å². The topological polar surface area (TPSA) is 34.9 Å². The van der Waals surface area contributed by atoms with Crippen LogP contribution in [0.2, 0.25) is 5.02 Å². The zero-order valence-corrected chi connectivity index (χ0v) is 10.1. The average molecular weight is 253 g/mol. The summed E-state index contributed by atoms with van der Waals surface area (Å²) in [5.74, 6) is 0.192. The summed E-state index contributed by atoms with van der Waals surface area (Å²) in [5.41, 5.74) is 0.895. The number of carbonyl (C=O) groups excluding carboxylic acids is 1. The lowest BCUT2D eigenvalue weighted by atomic mass is 10.1. The van der Waals surface area contributed by atoms with Crippen LogP contribution in [0.5, 0.6) is 0 Å². The van der Waals surface area contributed by atoms with E-state index in [1.807, 2.05) is 0 Å². The van der Waals surface area contributed by atoms with Crippen LogP contribution in [0.15, 0.2) is 18.2 Å². The number of halogens is 2. The highest BCUT2D eigenvalue weighted by Gasteiger charge is 2.16. The van der Waals surface area contributed by atoms with Crippen molar-refractivity contribution in [3.63, 3.8) is 0 Å². The summed E-state index contributed by atoms with van der Waals surface area (Å²) in [6.07, 6.45) is 0.662. The highest BCUT2D eigenvalue weighted by Crippen LogP contribution is 2.27. The number of hydrogen-bond donors (Lipinski definition) is 0. The van der Waals surface area contributed by atoms with E-state index in [1.54, 1.807) is 18.5 Å². The molecule has 2 rings (SSSR count). The van der Waals surface area contributed by atoms with Crippen molar-refractivity contribution < 1.29 is 9.18 Å². The number of rotatable bonds is 2. The number of aromatic nitrogens is 2. The van der Waals surface area contributed by atoms with Crippen LogP contribution in [0.25, 0.3) is 11.3 Å². The molecule has 0 aliphatic rings. The summed E-state index contributed by atoms with van der Waals surface area (Å²) in [6, 6.07) is 4.18. The highest BCUT2D eigenvalue weighted by atomic mass is 35.5. The standard InChI is InChI=1S/C12H10ClFN2O/c1-7-15-12(11(6-17)16(7)2)9-5-8(13)3-4-10(9)14/h3-6H,1-2H3. The van der Waals surface area contributed by atoms with Gasteiger partial charge in [0.1, 0.15) is 23.0 Å². The fraction of sp³-hybridized carbons (Fsp3) is 0.167. The lowest BCUT2D eigenvalue weighted by Gasteiger charge is -2.02. The van der Waals surface area contributed by atoms with Gasteiger partial charge in [-0.05, 0) is 25.1 Å². The third-order valence-electron chi connectivity index (χ3n) is 2.66. The lowest BCUT2D eigenvalue weighted by Crippen LogP contribution is -1.97. The molecule has 0 fully saturated rings. The Morgan fingerprint density at radius 2 is 2.18 bits per heavy atom. The Balaban J connectivity index is 2.72. The second kappa shape index (κ2) is 4.30. The van der Waals surface area contributed by atoms with Crippen LogP contribution in [0.3, 0.4) is 0 Å². The Morgan fingerprint density at radius 1 is 1.47 bits per heavy atom. The molecular weight excluding hydrogens is 243 g/mol. The van der Waals surface area contributed by atoms with E-state index in [4.69, 9.17) is 11.6 Å². The van der Waals surface area contributed by atoms with E-state index in [0.29, 0.717) is 28.5 Å². The zero-order chi connectivity index (χ0) is 12.6. The SMILES string of the molecule is Cc1nc(-c2cc(Cl)ccc2F)c(C=O)n1C. The van der Waals surface area contributed by atoms with Crippen LogP contribution in [-0.2, 0) is 7.05 Å². The predicted octanol–water partition coefficient (Wildman–Crippen LogP) is 3.00. The first-order chi connectivity index (χ1) is 8.04. The first kappa shape index (κ1) is 11.8. The van der Waals surface area contributed by atoms with E-state index in [2.05, 4.69) is 4.98 Å². The Hall–Kier alpha value is -1.68. The molecule has 0 spiro atoms. The molecule has 1 aromatic carbocycles. The van der Waals surface area contributed by atoms with Gasteiger partial charge in [0.2, 0.25) is 0 Å². The van der Waals surface area contributed by atoms with Gasteiger partial charge < -0.3 is 4.57 Å². The molecule has 0 aliphatic carbocycles. The van der Waals surface area contributed by atoms with Gasteiger partial charge in [-0.25, -0.2) is 9.37 Å². The molecule has 0 saturated carbocycles. The fourth-order valence-corrected chi connectivity index (χ4v) is 1.81. The number of nitrogens with zero attached hydrogens (tertiary/aromatic N) is 2. The molecule has 1 heterocycles. The molecule has 0 saturated heterocycles. The molecule has 0 N–H and O–H groups in total. The van der Waals surface area contributed by atoms with Gasteiger partial charge in [0, 0.05) is 17.6 Å². The molecule has 3 nitrogen and oxygen atoms in total. The van der Waals surface area contributed by atoms with Crippen molar-refractivity contribution in [3.8, 4) is 11.3 Å². The Bertz CT molecular complexity index is 592. The molecule has 0 bridgehead atoms. The van der Waals surface area contributed by atoms with Crippen molar-refractivity contribution in [2.75, 3.05) is 0 Å². The van der Waals surface area contributed by atoms with E-state index < -0.39 is 5.82 Å². The van der Waals surface area contributed by atoms with E-state index in [9.17, 15) is 9.18 Å². The first-order valence-corrected chi connectivity index (χ1v) is 5.36. The van der Waals surface area contributed by atoms with Gasteiger partial charge in [-0.1, -0.05) is 11.6 Å². The highest BCUT2D eigenvalue weighted by molar-refractivity contribution is 6.30. The summed E-state index contributed by atoms with van der Waals surface area (Å²) in [6.45, 7) is 1.75. The molecule has 88 valence electrons. The van der Waals surface area contributed by atoms with Crippen molar-refractivity contribution in [2.45, 2.75) is 6.92 Å². The zero-order valence-electron chi connectivity index (χ0n) is 9.37. The second-order valence-corrected chi connectivity index (χ2v) is 4.13. The van der Waals surface area contributed by atoms with E-state index in [-0.39, 0.29) is 5.56 Å². The molecule has 0 aliphatic heterocycles. The van der Waals surface area contributed by atoms with Crippen LogP contribution in [0.4, 0.5) is 4.39 Å². The maximum atomic E-state index is 13.7. The minimum absolute atomic E-state index is 0.239. The Morgan fingerprint density at radius 3 is 2.82 bits per heavy atom. The van der Waals surface area contributed by atoms with Crippen LogP contribution < -0.4 is 0 Å². The smallest absolute Gasteiger partial charge is 0.168 e. The first-order valence-electron chi connectivity index (χ1n) is 4.98. The molecule has 2 aromatic rings. The van der Waals surface area contributed by atoms with Gasteiger partial charge in [0.25, 0.3) is 0 Å². The van der Waals surface area contributed by atoms with Gasteiger partial charge in [-0.3, -0.25) is 4.79 Å². The minimum atomic E-state index is -0.449. The molecule has 0 unspecified atom stereocenters. The van der Waals surface area contributed by atoms with Crippen molar-refractivity contribution in [2.24, 2.45) is 7.05 Å². The number of hydrogen-bond acceptors (Lipinski definition) is 2. The van der Waals surface area contributed by atoms with E-state index >= 15 is 0 Å². The Kier molecular flexibility index (Phi) is 2.98. The quantitative estimate of drug-likeness (QED) is 0.770. The maximum Gasteiger partial charge on any atom is 0.168 e. The summed E-state index contributed by atoms with van der Waals surface area (Å²) in [4.78, 5) is 15.2. The molecule has 0 amide bonds. The summed E-state index contributed by atoms with van der Waals surface area (Å²) in [7, 11) is 1.71. The van der Waals surface area contributed by atoms with Gasteiger partial charge in [0.15, 0.2) is 6.29 Å². The predicted molar refractivity (Wildman–Crippen MR) is 63.7 cm³/mol. The van der Waals surface area contributed by atoms with Crippen LogP contribution in [0.1, 0.15) is 16.3 Å². The van der Waals surface area contributed by atoms with Crippen LogP contribution in [0, 0.1) is 12.7 Å². The van der Waals surface area contributed by atoms with Gasteiger partial charge in [-0.15, -0.1) is 0 Å². The van der Waals surface area contributed by atoms with Crippen molar-refractivity contribution in [3.05, 3.63) is 40.6 Å². The summed E-state index contributed by atoms with van der Waals surface area (Å²) >= 11 is 5.82.